The average molecular weight is 223 g/mol. The van der Waals surface area contributed by atoms with Gasteiger partial charge in [-0.05, 0) is 30.7 Å². The lowest BCUT2D eigenvalue weighted by molar-refractivity contribution is 0.799. The summed E-state index contributed by atoms with van der Waals surface area (Å²) in [5, 5.41) is 5.70. The number of hydrogen-bond donors (Lipinski definition) is 0. The Labute approximate surface area is 99.7 Å². The molecule has 3 aromatic rings. The van der Waals surface area contributed by atoms with Crippen LogP contribution in [0, 0.1) is 6.92 Å². The summed E-state index contributed by atoms with van der Waals surface area (Å²) >= 11 is 0. The lowest BCUT2D eigenvalue weighted by Gasteiger charge is -1.98. The molecule has 0 aliphatic carbocycles. The van der Waals surface area contributed by atoms with Crippen molar-refractivity contribution in [1.29, 1.82) is 0 Å². The molecule has 0 aliphatic rings. The molecular formula is C14H13N3. The zero-order chi connectivity index (χ0) is 11.8. The monoisotopic (exact) mass is 223 g/mol. The smallest absolute Gasteiger partial charge is 0.119 e. The molecule has 3 rings (SSSR count). The molecule has 0 aliphatic heterocycles. The van der Waals surface area contributed by atoms with Gasteiger partial charge < -0.3 is 0 Å². The van der Waals surface area contributed by atoms with Crippen LogP contribution >= 0.6 is 0 Å². The van der Waals surface area contributed by atoms with Crippen molar-refractivity contribution in [3.8, 4) is 11.4 Å². The molecule has 1 aromatic carbocycles. The molecule has 2 heterocycles. The molecule has 84 valence electrons. The topological polar surface area (TPSA) is 30.7 Å². The molecule has 0 radical (unpaired) electrons. The van der Waals surface area contributed by atoms with Gasteiger partial charge in [-0.2, -0.15) is 5.10 Å². The highest BCUT2D eigenvalue weighted by Crippen LogP contribution is 2.26. The lowest BCUT2D eigenvalue weighted by Crippen LogP contribution is -1.90. The predicted octanol–water partition coefficient (Wildman–Crippen LogP) is 2.94. The number of hydrogen-bond acceptors (Lipinski definition) is 2. The van der Waals surface area contributed by atoms with E-state index in [1.807, 2.05) is 36.1 Å². The maximum atomic E-state index is 4.56. The zero-order valence-corrected chi connectivity index (χ0v) is 9.88. The van der Waals surface area contributed by atoms with Crippen LogP contribution in [0.1, 0.15) is 5.56 Å². The standard InChI is InChI=1S/C14H13N3/c1-10-7-8-15-12(9-10)14-11-5-3-4-6-13(11)17(2)16-14/h3-9H,1-2H3. The van der Waals surface area contributed by atoms with E-state index < -0.39 is 0 Å². The third-order valence-corrected chi connectivity index (χ3v) is 2.92. The molecule has 0 N–H and O–H groups in total. The highest BCUT2D eigenvalue weighted by Gasteiger charge is 2.10. The number of pyridine rings is 1. The van der Waals surface area contributed by atoms with Gasteiger partial charge in [0.2, 0.25) is 0 Å². The van der Waals surface area contributed by atoms with Crippen LogP contribution in [0.4, 0.5) is 0 Å². The van der Waals surface area contributed by atoms with E-state index in [9.17, 15) is 0 Å². The van der Waals surface area contributed by atoms with Crippen molar-refractivity contribution >= 4 is 10.9 Å². The fourth-order valence-electron chi connectivity index (χ4n) is 2.07. The molecule has 0 saturated heterocycles. The summed E-state index contributed by atoms with van der Waals surface area (Å²) in [4.78, 5) is 4.40. The van der Waals surface area contributed by atoms with E-state index in [1.165, 1.54) is 5.56 Å². The van der Waals surface area contributed by atoms with Gasteiger partial charge in [-0.1, -0.05) is 18.2 Å². The average Bonchev–Trinajstić information content (AvgIpc) is 2.68. The molecule has 0 atom stereocenters. The second-order valence-electron chi connectivity index (χ2n) is 4.21. The summed E-state index contributed by atoms with van der Waals surface area (Å²) in [5.74, 6) is 0. The molecule has 0 spiro atoms. The van der Waals surface area contributed by atoms with Crippen LogP contribution in [0.15, 0.2) is 42.6 Å². The second kappa shape index (κ2) is 3.70. The first-order valence-corrected chi connectivity index (χ1v) is 5.60. The first-order chi connectivity index (χ1) is 8.25. The van der Waals surface area contributed by atoms with Crippen molar-refractivity contribution in [3.63, 3.8) is 0 Å². The van der Waals surface area contributed by atoms with Gasteiger partial charge in [0.25, 0.3) is 0 Å². The van der Waals surface area contributed by atoms with E-state index in [1.54, 1.807) is 0 Å². The first-order valence-electron chi connectivity index (χ1n) is 5.60. The van der Waals surface area contributed by atoms with Gasteiger partial charge in [-0.25, -0.2) is 0 Å². The van der Waals surface area contributed by atoms with E-state index in [0.29, 0.717) is 0 Å². The molecule has 17 heavy (non-hydrogen) atoms. The van der Waals surface area contributed by atoms with Gasteiger partial charge in [0, 0.05) is 18.6 Å². The number of aryl methyl sites for hydroxylation is 2. The molecule has 0 saturated carbocycles. The normalized spacial score (nSPS) is 10.9. The zero-order valence-electron chi connectivity index (χ0n) is 9.88. The quantitative estimate of drug-likeness (QED) is 0.635. The summed E-state index contributed by atoms with van der Waals surface area (Å²) in [6, 6.07) is 12.3. The Morgan fingerprint density at radius 2 is 1.94 bits per heavy atom. The molecule has 3 nitrogen and oxygen atoms in total. The fraction of sp³-hybridized carbons (Fsp3) is 0.143. The number of fused-ring (bicyclic) bond motifs is 1. The molecule has 0 unspecified atom stereocenters. The maximum absolute atomic E-state index is 4.56. The van der Waals surface area contributed by atoms with E-state index in [-0.39, 0.29) is 0 Å². The SMILES string of the molecule is Cc1ccnc(-c2nn(C)c3ccccc23)c1. The summed E-state index contributed by atoms with van der Waals surface area (Å²) in [6.45, 7) is 2.07. The number of benzene rings is 1. The number of nitrogens with zero attached hydrogens (tertiary/aromatic N) is 3. The van der Waals surface area contributed by atoms with Gasteiger partial charge in [0.15, 0.2) is 0 Å². The molecular weight excluding hydrogens is 210 g/mol. The van der Waals surface area contributed by atoms with Gasteiger partial charge in [0.1, 0.15) is 5.69 Å². The van der Waals surface area contributed by atoms with Crippen molar-refractivity contribution in [3.05, 3.63) is 48.2 Å². The number of rotatable bonds is 1. The molecule has 0 bridgehead atoms. The third-order valence-electron chi connectivity index (χ3n) is 2.92. The third kappa shape index (κ3) is 1.60. The number of para-hydroxylation sites is 1. The molecule has 2 aromatic heterocycles. The minimum atomic E-state index is 0.932. The van der Waals surface area contributed by atoms with Crippen molar-refractivity contribution in [1.82, 2.24) is 14.8 Å². The Hall–Kier alpha value is -2.16. The number of aromatic nitrogens is 3. The second-order valence-corrected chi connectivity index (χ2v) is 4.21. The van der Waals surface area contributed by atoms with Crippen molar-refractivity contribution in [2.75, 3.05) is 0 Å². The Morgan fingerprint density at radius 1 is 1.12 bits per heavy atom. The molecule has 3 heteroatoms. The van der Waals surface area contributed by atoms with E-state index >= 15 is 0 Å². The van der Waals surface area contributed by atoms with Crippen LogP contribution in [-0.2, 0) is 7.05 Å². The lowest BCUT2D eigenvalue weighted by atomic mass is 10.1. The molecule has 0 amide bonds. The Bertz CT molecular complexity index is 683. The van der Waals surface area contributed by atoms with Crippen LogP contribution in [-0.4, -0.2) is 14.8 Å². The summed E-state index contributed by atoms with van der Waals surface area (Å²) in [5.41, 5.74) is 4.21. The summed E-state index contributed by atoms with van der Waals surface area (Å²) < 4.78 is 1.90. The van der Waals surface area contributed by atoms with Gasteiger partial charge in [0.05, 0.1) is 11.2 Å². The van der Waals surface area contributed by atoms with Crippen LogP contribution < -0.4 is 0 Å². The van der Waals surface area contributed by atoms with Gasteiger partial charge in [-0.3, -0.25) is 9.67 Å². The van der Waals surface area contributed by atoms with Crippen LogP contribution in [0.3, 0.4) is 0 Å². The summed E-state index contributed by atoms with van der Waals surface area (Å²) in [6.07, 6.45) is 1.83. The van der Waals surface area contributed by atoms with E-state index in [4.69, 9.17) is 0 Å². The van der Waals surface area contributed by atoms with Crippen molar-refractivity contribution in [2.45, 2.75) is 6.92 Å². The van der Waals surface area contributed by atoms with Crippen LogP contribution in [0.2, 0.25) is 0 Å². The predicted molar refractivity (Wildman–Crippen MR) is 68.7 cm³/mol. The summed E-state index contributed by atoms with van der Waals surface area (Å²) in [7, 11) is 1.96. The highest BCUT2D eigenvalue weighted by molar-refractivity contribution is 5.92. The van der Waals surface area contributed by atoms with E-state index in [2.05, 4.69) is 35.2 Å². The van der Waals surface area contributed by atoms with Crippen LogP contribution in [0.25, 0.3) is 22.3 Å². The Morgan fingerprint density at radius 3 is 2.76 bits per heavy atom. The van der Waals surface area contributed by atoms with E-state index in [0.717, 1.165) is 22.3 Å². The largest absolute Gasteiger partial charge is 0.267 e. The van der Waals surface area contributed by atoms with Crippen LogP contribution in [0.5, 0.6) is 0 Å². The van der Waals surface area contributed by atoms with Crippen molar-refractivity contribution in [2.24, 2.45) is 7.05 Å². The fourth-order valence-corrected chi connectivity index (χ4v) is 2.07. The Kier molecular flexibility index (Phi) is 2.18. The Balaban J connectivity index is 2.31. The van der Waals surface area contributed by atoms with Crippen molar-refractivity contribution < 1.29 is 0 Å². The minimum absolute atomic E-state index is 0.932. The first kappa shape index (κ1) is 10.0. The highest BCUT2D eigenvalue weighted by atomic mass is 15.3. The maximum Gasteiger partial charge on any atom is 0.119 e. The van der Waals surface area contributed by atoms with Gasteiger partial charge >= 0.3 is 0 Å². The molecule has 0 fully saturated rings. The minimum Gasteiger partial charge on any atom is -0.267 e. The van der Waals surface area contributed by atoms with Gasteiger partial charge in [-0.15, -0.1) is 0 Å².